The zero-order valence-corrected chi connectivity index (χ0v) is 14.6. The van der Waals surface area contributed by atoms with Crippen molar-refractivity contribution in [2.75, 3.05) is 14.2 Å². The molecule has 0 N–H and O–H groups in total. The van der Waals surface area contributed by atoms with Crippen LogP contribution in [0.3, 0.4) is 0 Å². The second kappa shape index (κ2) is 6.33. The van der Waals surface area contributed by atoms with Crippen LogP contribution in [0, 0.1) is 5.92 Å². The minimum atomic E-state index is -0.810. The molecule has 0 saturated carbocycles. The van der Waals surface area contributed by atoms with E-state index in [0.717, 1.165) is 27.9 Å². The van der Waals surface area contributed by atoms with E-state index in [1.54, 1.807) is 11.7 Å². The normalized spacial score (nSPS) is 19.2. The van der Waals surface area contributed by atoms with E-state index in [1.165, 1.54) is 7.11 Å². The quantitative estimate of drug-likeness (QED) is 0.535. The Kier molecular flexibility index (Phi) is 3.99. The summed E-state index contributed by atoms with van der Waals surface area (Å²) >= 11 is 0. The molecular formula is C21H19NO4. The Labute approximate surface area is 151 Å². The van der Waals surface area contributed by atoms with Gasteiger partial charge in [0.25, 0.3) is 0 Å². The summed E-state index contributed by atoms with van der Waals surface area (Å²) in [6.07, 6.45) is 0.397. The van der Waals surface area contributed by atoms with Crippen molar-refractivity contribution in [3.63, 3.8) is 0 Å². The van der Waals surface area contributed by atoms with Crippen molar-refractivity contribution in [2.45, 2.75) is 12.3 Å². The van der Waals surface area contributed by atoms with Gasteiger partial charge in [0.15, 0.2) is 0 Å². The maximum atomic E-state index is 13.0. The van der Waals surface area contributed by atoms with Crippen LogP contribution in [0.2, 0.25) is 0 Å². The van der Waals surface area contributed by atoms with Crippen LogP contribution in [0.1, 0.15) is 28.4 Å². The molecule has 5 nitrogen and oxygen atoms in total. The largest absolute Gasteiger partial charge is 0.497 e. The van der Waals surface area contributed by atoms with Crippen molar-refractivity contribution in [3.8, 4) is 5.75 Å². The van der Waals surface area contributed by atoms with Crippen molar-refractivity contribution in [1.29, 1.82) is 0 Å². The van der Waals surface area contributed by atoms with Crippen molar-refractivity contribution < 1.29 is 19.1 Å². The molecule has 5 heteroatoms. The molecule has 0 aliphatic carbocycles. The number of hydrogen-bond donors (Lipinski definition) is 0. The number of benzene rings is 2. The van der Waals surface area contributed by atoms with Gasteiger partial charge in [-0.05, 0) is 36.2 Å². The summed E-state index contributed by atoms with van der Waals surface area (Å²) < 4.78 is 11.8. The molecule has 0 amide bonds. The van der Waals surface area contributed by atoms with Gasteiger partial charge >= 0.3 is 5.97 Å². The number of aromatic nitrogens is 1. The number of methoxy groups -OCH3 is 2. The first kappa shape index (κ1) is 16.4. The van der Waals surface area contributed by atoms with Crippen molar-refractivity contribution >= 4 is 22.8 Å². The van der Waals surface area contributed by atoms with E-state index in [1.807, 2.05) is 54.6 Å². The molecule has 2 heterocycles. The Hall–Kier alpha value is -3.08. The first-order chi connectivity index (χ1) is 12.6. The predicted octanol–water partition coefficient (Wildman–Crippen LogP) is 3.61. The molecule has 4 rings (SSSR count). The van der Waals surface area contributed by atoms with Gasteiger partial charge in [0.05, 0.1) is 19.7 Å². The van der Waals surface area contributed by atoms with Crippen LogP contribution in [0.5, 0.6) is 5.75 Å². The molecule has 132 valence electrons. The molecule has 1 aromatic heterocycles. The fourth-order valence-corrected chi connectivity index (χ4v) is 3.77. The maximum absolute atomic E-state index is 13.0. The third kappa shape index (κ3) is 2.47. The van der Waals surface area contributed by atoms with E-state index in [4.69, 9.17) is 9.47 Å². The van der Waals surface area contributed by atoms with Gasteiger partial charge in [0, 0.05) is 17.0 Å². The van der Waals surface area contributed by atoms with Gasteiger partial charge in [-0.1, -0.05) is 30.3 Å². The number of para-hydroxylation sites is 1. The smallest absolute Gasteiger partial charge is 0.318 e. The minimum Gasteiger partial charge on any atom is -0.497 e. The molecule has 26 heavy (non-hydrogen) atoms. The van der Waals surface area contributed by atoms with Crippen LogP contribution < -0.4 is 4.74 Å². The zero-order valence-electron chi connectivity index (χ0n) is 14.6. The van der Waals surface area contributed by atoms with Crippen LogP contribution in [0.25, 0.3) is 10.9 Å². The molecule has 0 spiro atoms. The highest BCUT2D eigenvalue weighted by Gasteiger charge is 2.40. The maximum Gasteiger partial charge on any atom is 0.318 e. The Morgan fingerprint density at radius 3 is 2.50 bits per heavy atom. The molecular weight excluding hydrogens is 330 g/mol. The Morgan fingerprint density at radius 1 is 1.08 bits per heavy atom. The average molecular weight is 349 g/mol. The highest BCUT2D eigenvalue weighted by atomic mass is 16.5. The summed E-state index contributed by atoms with van der Waals surface area (Å²) in [7, 11) is 2.95. The predicted molar refractivity (Wildman–Crippen MR) is 97.5 cm³/mol. The van der Waals surface area contributed by atoms with E-state index < -0.39 is 11.9 Å². The van der Waals surface area contributed by atoms with Crippen molar-refractivity contribution in [2.24, 2.45) is 5.92 Å². The lowest BCUT2D eigenvalue weighted by Gasteiger charge is -2.29. The molecule has 3 aromatic rings. The van der Waals surface area contributed by atoms with Crippen LogP contribution in [0.4, 0.5) is 0 Å². The topological polar surface area (TPSA) is 57.5 Å². The van der Waals surface area contributed by atoms with Crippen LogP contribution in [0.15, 0.2) is 54.6 Å². The lowest BCUT2D eigenvalue weighted by atomic mass is 9.83. The second-order valence-electron chi connectivity index (χ2n) is 6.44. The summed E-state index contributed by atoms with van der Waals surface area (Å²) in [6, 6.07) is 17.5. The van der Waals surface area contributed by atoms with Crippen LogP contribution in [-0.4, -0.2) is 30.7 Å². The Balaban J connectivity index is 1.89. The molecule has 2 aromatic carbocycles. The summed E-state index contributed by atoms with van der Waals surface area (Å²) in [6.45, 7) is 0. The van der Waals surface area contributed by atoms with E-state index in [9.17, 15) is 9.59 Å². The van der Waals surface area contributed by atoms with Gasteiger partial charge < -0.3 is 9.47 Å². The lowest BCUT2D eigenvalue weighted by Crippen LogP contribution is -2.37. The summed E-state index contributed by atoms with van der Waals surface area (Å²) in [5.74, 6) is -0.828. The Morgan fingerprint density at radius 2 is 1.81 bits per heavy atom. The van der Waals surface area contributed by atoms with Crippen LogP contribution in [-0.2, 0) is 9.53 Å². The van der Waals surface area contributed by atoms with Crippen molar-refractivity contribution in [3.05, 3.63) is 65.9 Å². The molecule has 0 bridgehead atoms. The lowest BCUT2D eigenvalue weighted by molar-refractivity contribution is -0.144. The highest BCUT2D eigenvalue weighted by molar-refractivity contribution is 6.05. The first-order valence-corrected chi connectivity index (χ1v) is 8.50. The fraction of sp³-hybridized carbons (Fsp3) is 0.238. The van der Waals surface area contributed by atoms with E-state index in [0.29, 0.717) is 6.42 Å². The summed E-state index contributed by atoms with van der Waals surface area (Å²) in [5.41, 5.74) is 2.76. The summed E-state index contributed by atoms with van der Waals surface area (Å²) in [4.78, 5) is 25.3. The van der Waals surface area contributed by atoms with Gasteiger partial charge in [-0.2, -0.15) is 0 Å². The van der Waals surface area contributed by atoms with E-state index in [-0.39, 0.29) is 11.8 Å². The minimum absolute atomic E-state index is 0.0740. The number of ether oxygens (including phenoxy) is 2. The highest BCUT2D eigenvalue weighted by Crippen LogP contribution is 2.40. The van der Waals surface area contributed by atoms with E-state index in [2.05, 4.69) is 0 Å². The third-order valence-corrected chi connectivity index (χ3v) is 5.09. The van der Waals surface area contributed by atoms with Gasteiger partial charge in [-0.3, -0.25) is 14.2 Å². The average Bonchev–Trinajstić information content (AvgIpc) is 3.08. The first-order valence-electron chi connectivity index (χ1n) is 8.50. The number of carbonyl (C=O) groups excluding carboxylic acids is 2. The Bertz CT molecular complexity index is 987. The standard InChI is InChI=1S/C21H19NO4/c1-25-15-9-7-13(8-10-15)16-12-17(21(24)26-2)20(23)22-18-6-4-3-5-14(18)11-19(16)22/h3-11,16-17H,12H2,1-2H3. The SMILES string of the molecule is COC(=O)C1CC(c2ccc(OC)cc2)c2cc3ccccc3n2C1=O. The number of nitrogens with zero attached hydrogens (tertiary/aromatic N) is 1. The molecule has 0 fully saturated rings. The monoisotopic (exact) mass is 349 g/mol. The van der Waals surface area contributed by atoms with Gasteiger partial charge in [0.1, 0.15) is 11.7 Å². The van der Waals surface area contributed by atoms with E-state index >= 15 is 0 Å². The van der Waals surface area contributed by atoms with Gasteiger partial charge in [-0.25, -0.2) is 0 Å². The molecule has 1 aliphatic rings. The van der Waals surface area contributed by atoms with Crippen LogP contribution >= 0.6 is 0 Å². The number of hydrogen-bond acceptors (Lipinski definition) is 4. The fourth-order valence-electron chi connectivity index (χ4n) is 3.77. The number of esters is 1. The number of rotatable bonds is 3. The number of fused-ring (bicyclic) bond motifs is 3. The molecule has 2 unspecified atom stereocenters. The van der Waals surface area contributed by atoms with Crippen molar-refractivity contribution in [1.82, 2.24) is 4.57 Å². The molecule has 0 radical (unpaired) electrons. The van der Waals surface area contributed by atoms with Gasteiger partial charge in [-0.15, -0.1) is 0 Å². The zero-order chi connectivity index (χ0) is 18.3. The molecule has 1 aliphatic heterocycles. The third-order valence-electron chi connectivity index (χ3n) is 5.09. The molecule has 2 atom stereocenters. The number of carbonyl (C=O) groups is 2. The molecule has 0 saturated heterocycles. The summed E-state index contributed by atoms with van der Waals surface area (Å²) in [5, 5.41) is 0.986. The van der Waals surface area contributed by atoms with Gasteiger partial charge in [0.2, 0.25) is 5.91 Å². The second-order valence-corrected chi connectivity index (χ2v) is 6.44.